The van der Waals surface area contributed by atoms with Gasteiger partial charge in [0.15, 0.2) is 0 Å². The molecule has 4 bridgehead atoms. The number of carbonyl (C=O) groups excluding carboxylic acids is 2. The van der Waals surface area contributed by atoms with Crippen molar-refractivity contribution in [1.29, 1.82) is 0 Å². The summed E-state index contributed by atoms with van der Waals surface area (Å²) < 4.78 is 0. The van der Waals surface area contributed by atoms with Crippen LogP contribution in [-0.2, 0) is 9.59 Å². The molecule has 4 heteroatoms. The third-order valence-corrected chi connectivity index (χ3v) is 8.08. The SMILES string of the molecule is Cc1ccc(NC(=O)C2CCCN2C(=O)C23CC4CC(CC(C4)C2)C3)cc1C. The van der Waals surface area contributed by atoms with E-state index >= 15 is 0 Å². The Bertz CT molecular complexity index is 780. The molecule has 0 radical (unpaired) electrons. The van der Waals surface area contributed by atoms with Gasteiger partial charge in [-0.3, -0.25) is 9.59 Å². The van der Waals surface area contributed by atoms with E-state index in [1.54, 1.807) is 0 Å². The molecule has 150 valence electrons. The first-order valence-corrected chi connectivity index (χ1v) is 11.1. The first-order chi connectivity index (χ1) is 13.4. The van der Waals surface area contributed by atoms with E-state index in [0.29, 0.717) is 5.91 Å². The topological polar surface area (TPSA) is 49.4 Å². The molecular weight excluding hydrogens is 348 g/mol. The maximum absolute atomic E-state index is 13.7. The monoisotopic (exact) mass is 380 g/mol. The molecule has 4 aliphatic carbocycles. The minimum Gasteiger partial charge on any atom is -0.330 e. The van der Waals surface area contributed by atoms with Crippen molar-refractivity contribution < 1.29 is 9.59 Å². The van der Waals surface area contributed by atoms with Crippen molar-refractivity contribution in [2.24, 2.45) is 23.2 Å². The van der Waals surface area contributed by atoms with Crippen LogP contribution in [0, 0.1) is 37.0 Å². The molecule has 0 aromatic heterocycles. The number of rotatable bonds is 3. The third-order valence-electron chi connectivity index (χ3n) is 8.08. The number of nitrogens with one attached hydrogen (secondary N) is 1. The lowest BCUT2D eigenvalue weighted by Crippen LogP contribution is -2.56. The van der Waals surface area contributed by atoms with Crippen LogP contribution in [0.2, 0.25) is 0 Å². The van der Waals surface area contributed by atoms with Crippen LogP contribution >= 0.6 is 0 Å². The van der Waals surface area contributed by atoms with E-state index in [1.807, 2.05) is 23.1 Å². The van der Waals surface area contributed by atoms with Gasteiger partial charge < -0.3 is 10.2 Å². The molecule has 1 heterocycles. The summed E-state index contributed by atoms with van der Waals surface area (Å²) in [6.45, 7) is 4.87. The first kappa shape index (κ1) is 18.2. The fourth-order valence-corrected chi connectivity index (χ4v) is 7.00. The Balaban J connectivity index is 1.33. The lowest BCUT2D eigenvalue weighted by Gasteiger charge is -2.56. The highest BCUT2D eigenvalue weighted by Gasteiger charge is 2.56. The molecule has 2 amide bonds. The van der Waals surface area contributed by atoms with E-state index in [4.69, 9.17) is 0 Å². The molecule has 0 spiro atoms. The second kappa shape index (κ2) is 6.60. The van der Waals surface area contributed by atoms with Crippen molar-refractivity contribution in [3.63, 3.8) is 0 Å². The summed E-state index contributed by atoms with van der Waals surface area (Å²) in [4.78, 5) is 28.7. The normalized spacial score (nSPS) is 36.0. The largest absolute Gasteiger partial charge is 0.330 e. The smallest absolute Gasteiger partial charge is 0.247 e. The van der Waals surface area contributed by atoms with Crippen molar-refractivity contribution in [3.8, 4) is 0 Å². The van der Waals surface area contributed by atoms with Crippen LogP contribution in [0.1, 0.15) is 62.5 Å². The van der Waals surface area contributed by atoms with Gasteiger partial charge in [0.05, 0.1) is 5.41 Å². The Kier molecular flexibility index (Phi) is 4.29. The molecule has 28 heavy (non-hydrogen) atoms. The fourth-order valence-electron chi connectivity index (χ4n) is 7.00. The quantitative estimate of drug-likeness (QED) is 0.842. The van der Waals surface area contributed by atoms with Gasteiger partial charge in [-0.25, -0.2) is 0 Å². The summed E-state index contributed by atoms with van der Waals surface area (Å²) >= 11 is 0. The van der Waals surface area contributed by atoms with E-state index < -0.39 is 0 Å². The zero-order valence-electron chi connectivity index (χ0n) is 17.2. The molecule has 1 atom stereocenters. The lowest BCUT2D eigenvalue weighted by atomic mass is 9.49. The molecule has 1 aromatic carbocycles. The molecule has 4 saturated carbocycles. The number of aryl methyl sites for hydroxylation is 2. The van der Waals surface area contributed by atoms with Gasteiger partial charge in [0.2, 0.25) is 11.8 Å². The van der Waals surface area contributed by atoms with E-state index in [2.05, 4.69) is 19.2 Å². The molecule has 1 N–H and O–H groups in total. The van der Waals surface area contributed by atoms with Crippen LogP contribution in [-0.4, -0.2) is 29.3 Å². The molecule has 1 aromatic rings. The zero-order valence-corrected chi connectivity index (χ0v) is 17.2. The number of anilines is 1. The summed E-state index contributed by atoms with van der Waals surface area (Å²) in [6.07, 6.45) is 8.94. The number of likely N-dealkylation sites (tertiary alicyclic amines) is 1. The summed E-state index contributed by atoms with van der Waals surface area (Å²) in [5.41, 5.74) is 3.07. The average molecular weight is 381 g/mol. The van der Waals surface area contributed by atoms with Crippen LogP contribution < -0.4 is 5.32 Å². The Morgan fingerprint density at radius 1 is 1.00 bits per heavy atom. The van der Waals surface area contributed by atoms with E-state index in [9.17, 15) is 9.59 Å². The van der Waals surface area contributed by atoms with Gasteiger partial charge in [-0.2, -0.15) is 0 Å². The minimum atomic E-state index is -0.304. The average Bonchev–Trinajstić information content (AvgIpc) is 3.13. The molecule has 4 nitrogen and oxygen atoms in total. The second-order valence-electron chi connectivity index (χ2n) is 10.1. The van der Waals surface area contributed by atoms with Crippen molar-refractivity contribution in [2.75, 3.05) is 11.9 Å². The van der Waals surface area contributed by atoms with Crippen LogP contribution in [0.25, 0.3) is 0 Å². The summed E-state index contributed by atoms with van der Waals surface area (Å²) in [6, 6.07) is 5.72. The van der Waals surface area contributed by atoms with E-state index in [-0.39, 0.29) is 17.4 Å². The maximum Gasteiger partial charge on any atom is 0.247 e. The summed E-state index contributed by atoms with van der Waals surface area (Å²) in [7, 11) is 0. The number of hydrogen-bond acceptors (Lipinski definition) is 2. The fraction of sp³-hybridized carbons (Fsp3) is 0.667. The lowest BCUT2D eigenvalue weighted by molar-refractivity contribution is -0.160. The van der Waals surface area contributed by atoms with Gasteiger partial charge in [0.1, 0.15) is 6.04 Å². The predicted molar refractivity (Wildman–Crippen MR) is 110 cm³/mol. The minimum absolute atomic E-state index is 0.0150. The standard InChI is InChI=1S/C24H32N2O2/c1-15-5-6-20(8-16(15)2)25-22(27)21-4-3-7-26(21)23(28)24-12-17-9-18(13-24)11-19(10-17)14-24/h5-6,8,17-19,21H,3-4,7,9-14H2,1-2H3,(H,25,27). The van der Waals surface area contributed by atoms with Crippen LogP contribution in [0.3, 0.4) is 0 Å². The first-order valence-electron chi connectivity index (χ1n) is 11.1. The number of hydrogen-bond donors (Lipinski definition) is 1. The van der Waals surface area contributed by atoms with Crippen molar-refractivity contribution in [1.82, 2.24) is 4.90 Å². The van der Waals surface area contributed by atoms with Gasteiger partial charge in [-0.1, -0.05) is 6.07 Å². The number of amides is 2. The summed E-state index contributed by atoms with van der Waals surface area (Å²) in [5, 5.41) is 3.08. The molecule has 5 fully saturated rings. The zero-order chi connectivity index (χ0) is 19.5. The Hall–Kier alpha value is -1.84. The van der Waals surface area contributed by atoms with Gasteiger partial charge in [0, 0.05) is 12.2 Å². The van der Waals surface area contributed by atoms with Crippen LogP contribution in [0.15, 0.2) is 18.2 Å². The highest BCUT2D eigenvalue weighted by molar-refractivity contribution is 5.98. The summed E-state index contributed by atoms with van der Waals surface area (Å²) in [5.74, 6) is 2.53. The third kappa shape index (κ3) is 2.96. The molecule has 1 saturated heterocycles. The van der Waals surface area contributed by atoms with Crippen LogP contribution in [0.4, 0.5) is 5.69 Å². The van der Waals surface area contributed by atoms with Gasteiger partial charge in [-0.15, -0.1) is 0 Å². The van der Waals surface area contributed by atoms with Gasteiger partial charge >= 0.3 is 0 Å². The van der Waals surface area contributed by atoms with Crippen molar-refractivity contribution in [2.45, 2.75) is 71.3 Å². The van der Waals surface area contributed by atoms with E-state index in [1.165, 1.54) is 30.4 Å². The Morgan fingerprint density at radius 2 is 1.64 bits per heavy atom. The number of nitrogens with zero attached hydrogens (tertiary/aromatic N) is 1. The second-order valence-corrected chi connectivity index (χ2v) is 10.1. The van der Waals surface area contributed by atoms with E-state index in [0.717, 1.165) is 62.1 Å². The predicted octanol–water partition coefficient (Wildman–Crippen LogP) is 4.45. The molecular formula is C24H32N2O2. The Labute approximate surface area is 168 Å². The highest BCUT2D eigenvalue weighted by Crippen LogP contribution is 2.60. The molecule has 5 aliphatic rings. The Morgan fingerprint density at radius 3 is 2.25 bits per heavy atom. The highest BCUT2D eigenvalue weighted by atomic mass is 16.2. The molecule has 1 aliphatic heterocycles. The van der Waals surface area contributed by atoms with Crippen molar-refractivity contribution >= 4 is 17.5 Å². The van der Waals surface area contributed by atoms with Crippen LogP contribution in [0.5, 0.6) is 0 Å². The van der Waals surface area contributed by atoms with Crippen molar-refractivity contribution in [3.05, 3.63) is 29.3 Å². The van der Waals surface area contributed by atoms with Gasteiger partial charge in [0.25, 0.3) is 0 Å². The van der Waals surface area contributed by atoms with Gasteiger partial charge in [-0.05, 0) is 106 Å². The number of carbonyl (C=O) groups is 2. The number of benzene rings is 1. The molecule has 1 unspecified atom stereocenters. The maximum atomic E-state index is 13.7. The molecule has 6 rings (SSSR count).